The maximum Gasteiger partial charge on any atom is 0.123 e. The van der Waals surface area contributed by atoms with Gasteiger partial charge < -0.3 is 5.32 Å². The molecular weight excluding hydrogens is 201 g/mol. The first-order chi connectivity index (χ1) is 7.75. The Hall–Kier alpha value is -0.890. The van der Waals surface area contributed by atoms with Crippen molar-refractivity contribution in [3.8, 4) is 0 Å². The van der Waals surface area contributed by atoms with E-state index in [1.165, 1.54) is 49.8 Å². The van der Waals surface area contributed by atoms with Crippen molar-refractivity contribution in [2.45, 2.75) is 51.1 Å². The van der Waals surface area contributed by atoms with Gasteiger partial charge in [-0.1, -0.05) is 31.4 Å². The lowest BCUT2D eigenvalue weighted by Gasteiger charge is -2.26. The summed E-state index contributed by atoms with van der Waals surface area (Å²) < 4.78 is 12.8. The first-order valence-corrected chi connectivity index (χ1v) is 6.27. The molecular formula is C14H20FN. The normalized spacial score (nSPS) is 19.6. The van der Waals surface area contributed by atoms with Crippen molar-refractivity contribution in [2.75, 3.05) is 0 Å². The van der Waals surface area contributed by atoms with Gasteiger partial charge in [0, 0.05) is 12.1 Å². The molecule has 0 aromatic heterocycles. The van der Waals surface area contributed by atoms with Gasteiger partial charge in [-0.15, -0.1) is 0 Å². The van der Waals surface area contributed by atoms with Crippen molar-refractivity contribution in [3.63, 3.8) is 0 Å². The summed E-state index contributed by atoms with van der Waals surface area (Å²) in [5, 5.41) is 3.63. The van der Waals surface area contributed by atoms with Crippen molar-refractivity contribution in [1.29, 1.82) is 0 Å². The number of nitrogens with one attached hydrogen (secondary N) is 1. The summed E-state index contributed by atoms with van der Waals surface area (Å²) in [7, 11) is 0. The van der Waals surface area contributed by atoms with Crippen LogP contribution in [0.15, 0.2) is 24.3 Å². The van der Waals surface area contributed by atoms with Gasteiger partial charge in [0.25, 0.3) is 0 Å². The van der Waals surface area contributed by atoms with E-state index < -0.39 is 0 Å². The highest BCUT2D eigenvalue weighted by atomic mass is 19.1. The van der Waals surface area contributed by atoms with Gasteiger partial charge in [0.2, 0.25) is 0 Å². The van der Waals surface area contributed by atoms with E-state index >= 15 is 0 Å². The molecule has 0 radical (unpaired) electrons. The quantitative estimate of drug-likeness (QED) is 0.818. The molecule has 1 fully saturated rings. The fourth-order valence-electron chi connectivity index (χ4n) is 2.47. The first kappa shape index (κ1) is 11.6. The van der Waals surface area contributed by atoms with Crippen LogP contribution >= 0.6 is 0 Å². The number of benzene rings is 1. The van der Waals surface area contributed by atoms with Gasteiger partial charge >= 0.3 is 0 Å². The van der Waals surface area contributed by atoms with Crippen LogP contribution in [-0.2, 0) is 0 Å². The van der Waals surface area contributed by atoms with Gasteiger partial charge in [-0.2, -0.15) is 0 Å². The summed E-state index contributed by atoms with van der Waals surface area (Å²) in [5.41, 5.74) is 1.17. The Bertz CT molecular complexity index is 314. The molecule has 1 N–H and O–H groups in total. The Balaban J connectivity index is 1.91. The maximum atomic E-state index is 12.8. The minimum atomic E-state index is -0.159. The van der Waals surface area contributed by atoms with Crippen molar-refractivity contribution in [3.05, 3.63) is 35.6 Å². The summed E-state index contributed by atoms with van der Waals surface area (Å²) in [4.78, 5) is 0. The van der Waals surface area contributed by atoms with E-state index in [0.717, 1.165) is 0 Å². The Morgan fingerprint density at radius 3 is 2.38 bits per heavy atom. The van der Waals surface area contributed by atoms with Crippen LogP contribution in [0.1, 0.15) is 50.6 Å². The molecule has 0 amide bonds. The van der Waals surface area contributed by atoms with Gasteiger partial charge in [-0.05, 0) is 37.5 Å². The molecule has 1 atom stereocenters. The van der Waals surface area contributed by atoms with Crippen LogP contribution in [-0.4, -0.2) is 6.04 Å². The smallest absolute Gasteiger partial charge is 0.123 e. The maximum absolute atomic E-state index is 12.8. The number of hydrogen-bond acceptors (Lipinski definition) is 1. The van der Waals surface area contributed by atoms with E-state index in [0.29, 0.717) is 12.1 Å². The van der Waals surface area contributed by atoms with Crippen molar-refractivity contribution in [1.82, 2.24) is 5.32 Å². The molecule has 88 valence electrons. The second-order valence-electron chi connectivity index (χ2n) is 4.77. The van der Waals surface area contributed by atoms with Gasteiger partial charge in [0.1, 0.15) is 5.82 Å². The van der Waals surface area contributed by atoms with Crippen molar-refractivity contribution in [2.24, 2.45) is 0 Å². The number of rotatable bonds is 3. The zero-order valence-electron chi connectivity index (χ0n) is 9.88. The SMILES string of the molecule is CC(NC1CCCCC1)c1ccc(F)cc1. The summed E-state index contributed by atoms with van der Waals surface area (Å²) in [5.74, 6) is -0.159. The predicted octanol–water partition coefficient (Wildman–Crippen LogP) is 3.81. The molecule has 0 heterocycles. The second kappa shape index (κ2) is 5.44. The average molecular weight is 221 g/mol. The van der Waals surface area contributed by atoms with E-state index in [4.69, 9.17) is 0 Å². The van der Waals surface area contributed by atoms with E-state index in [2.05, 4.69) is 12.2 Å². The average Bonchev–Trinajstić information content (AvgIpc) is 2.31. The van der Waals surface area contributed by atoms with Crippen molar-refractivity contribution < 1.29 is 4.39 Å². The molecule has 16 heavy (non-hydrogen) atoms. The largest absolute Gasteiger partial charge is 0.307 e. The molecule has 1 nitrogen and oxygen atoms in total. The van der Waals surface area contributed by atoms with Crippen molar-refractivity contribution >= 4 is 0 Å². The molecule has 1 aliphatic rings. The second-order valence-corrected chi connectivity index (χ2v) is 4.77. The zero-order chi connectivity index (χ0) is 11.4. The molecule has 1 aromatic rings. The van der Waals surface area contributed by atoms with Crippen LogP contribution in [0, 0.1) is 5.82 Å². The van der Waals surface area contributed by atoms with Gasteiger partial charge in [-0.25, -0.2) is 4.39 Å². The van der Waals surface area contributed by atoms with E-state index in [-0.39, 0.29) is 5.82 Å². The third-order valence-electron chi connectivity index (χ3n) is 3.46. The number of halogens is 1. The molecule has 1 unspecified atom stereocenters. The molecule has 2 rings (SSSR count). The van der Waals surface area contributed by atoms with Gasteiger partial charge in [0.05, 0.1) is 0 Å². The molecule has 0 spiro atoms. The van der Waals surface area contributed by atoms with Gasteiger partial charge in [0.15, 0.2) is 0 Å². The van der Waals surface area contributed by atoms with E-state index in [9.17, 15) is 4.39 Å². The van der Waals surface area contributed by atoms with Crippen LogP contribution in [0.3, 0.4) is 0 Å². The number of hydrogen-bond donors (Lipinski definition) is 1. The molecule has 1 aliphatic carbocycles. The first-order valence-electron chi connectivity index (χ1n) is 6.27. The fraction of sp³-hybridized carbons (Fsp3) is 0.571. The molecule has 0 bridgehead atoms. The third-order valence-corrected chi connectivity index (χ3v) is 3.46. The Morgan fingerprint density at radius 2 is 1.75 bits per heavy atom. The Kier molecular flexibility index (Phi) is 3.94. The highest BCUT2D eigenvalue weighted by Gasteiger charge is 2.16. The van der Waals surface area contributed by atoms with Crippen LogP contribution < -0.4 is 5.32 Å². The van der Waals surface area contributed by atoms with Gasteiger partial charge in [-0.3, -0.25) is 0 Å². The highest BCUT2D eigenvalue weighted by Crippen LogP contribution is 2.21. The van der Waals surface area contributed by atoms with Crippen LogP contribution in [0.2, 0.25) is 0 Å². The summed E-state index contributed by atoms with van der Waals surface area (Å²) in [6.45, 7) is 2.15. The molecule has 0 aliphatic heterocycles. The lowest BCUT2D eigenvalue weighted by Crippen LogP contribution is -2.33. The minimum Gasteiger partial charge on any atom is -0.307 e. The van der Waals surface area contributed by atoms with E-state index in [1.807, 2.05) is 12.1 Å². The van der Waals surface area contributed by atoms with Crippen LogP contribution in [0.5, 0.6) is 0 Å². The molecule has 1 aromatic carbocycles. The summed E-state index contributed by atoms with van der Waals surface area (Å²) >= 11 is 0. The van der Waals surface area contributed by atoms with E-state index in [1.54, 1.807) is 0 Å². The predicted molar refractivity (Wildman–Crippen MR) is 64.8 cm³/mol. The molecule has 0 saturated heterocycles. The molecule has 2 heteroatoms. The lowest BCUT2D eigenvalue weighted by atomic mass is 9.94. The summed E-state index contributed by atoms with van der Waals surface area (Å²) in [6.07, 6.45) is 6.63. The standard InChI is InChI=1S/C14H20FN/c1-11(12-7-9-13(15)10-8-12)16-14-5-3-2-4-6-14/h7-11,14,16H,2-6H2,1H3. The van der Waals surface area contributed by atoms with Crippen LogP contribution in [0.4, 0.5) is 4.39 Å². The minimum absolute atomic E-state index is 0.159. The lowest BCUT2D eigenvalue weighted by molar-refractivity contribution is 0.347. The monoisotopic (exact) mass is 221 g/mol. The topological polar surface area (TPSA) is 12.0 Å². The Morgan fingerprint density at radius 1 is 1.12 bits per heavy atom. The molecule has 1 saturated carbocycles. The summed E-state index contributed by atoms with van der Waals surface area (Å²) in [6, 6.07) is 7.78. The highest BCUT2D eigenvalue weighted by molar-refractivity contribution is 5.19. The third kappa shape index (κ3) is 3.05. The Labute approximate surface area is 97.1 Å². The fourth-order valence-corrected chi connectivity index (χ4v) is 2.47. The zero-order valence-corrected chi connectivity index (χ0v) is 9.88. The van der Waals surface area contributed by atoms with Crippen LogP contribution in [0.25, 0.3) is 0 Å².